The van der Waals surface area contributed by atoms with Crippen LogP contribution in [0.4, 0.5) is 5.82 Å². The number of nitrogens with two attached hydrogens (primary N) is 1. The summed E-state index contributed by atoms with van der Waals surface area (Å²) in [4.78, 5) is 10.2. The number of piperazine rings is 1. The largest absolute Gasteiger partial charge is 0.396 e. The fourth-order valence-electron chi connectivity index (χ4n) is 6.02. The number of aliphatic hydroxyl groups excluding tert-OH is 1. The summed E-state index contributed by atoms with van der Waals surface area (Å²) in [5.41, 5.74) is 11.6. The first-order chi connectivity index (χ1) is 16.7. The molecule has 1 aromatic heterocycles. The fourth-order valence-corrected chi connectivity index (χ4v) is 6.02. The highest BCUT2D eigenvalue weighted by Gasteiger charge is 2.37. The maximum atomic E-state index is 9.14. The second-order valence-electron chi connectivity index (χ2n) is 11.9. The normalized spacial score (nSPS) is 20.5. The summed E-state index contributed by atoms with van der Waals surface area (Å²) in [7, 11) is 0. The van der Waals surface area contributed by atoms with Gasteiger partial charge < -0.3 is 15.7 Å². The Kier molecular flexibility index (Phi) is 8.19. The van der Waals surface area contributed by atoms with Crippen LogP contribution < -0.4 is 10.6 Å². The summed E-state index contributed by atoms with van der Waals surface area (Å²) in [6.45, 7) is 14.6. The van der Waals surface area contributed by atoms with E-state index in [9.17, 15) is 0 Å². The maximum Gasteiger partial charge on any atom is 0.129 e. The Morgan fingerprint density at radius 3 is 2.31 bits per heavy atom. The summed E-state index contributed by atoms with van der Waals surface area (Å²) in [5.74, 6) is 1.08. The zero-order valence-electron chi connectivity index (χ0n) is 22.4. The summed E-state index contributed by atoms with van der Waals surface area (Å²) in [6.07, 6.45) is 6.56. The Morgan fingerprint density at radius 2 is 1.63 bits per heavy atom. The quantitative estimate of drug-likeness (QED) is 0.491. The molecule has 1 atom stereocenters. The van der Waals surface area contributed by atoms with Gasteiger partial charge in [-0.15, -0.1) is 0 Å². The predicted molar refractivity (Wildman–Crippen MR) is 147 cm³/mol. The van der Waals surface area contributed by atoms with Crippen LogP contribution in [0.25, 0.3) is 11.3 Å². The average Bonchev–Trinajstić information content (AvgIpc) is 2.86. The number of hydrogen-bond acceptors (Lipinski definition) is 5. The smallest absolute Gasteiger partial charge is 0.129 e. The van der Waals surface area contributed by atoms with Gasteiger partial charge in [-0.25, -0.2) is 4.98 Å². The van der Waals surface area contributed by atoms with Crippen LogP contribution in [0.2, 0.25) is 0 Å². The SMILES string of the molecule is CC1(C)CCC(C)(C)c2cc(-c3cccc(N4CCN(C(CCN)CCCCO)CC4)n3)ccc21. The third kappa shape index (κ3) is 5.90. The first-order valence-electron chi connectivity index (χ1n) is 13.7. The van der Waals surface area contributed by atoms with E-state index in [0.29, 0.717) is 6.04 Å². The Morgan fingerprint density at radius 1 is 0.914 bits per heavy atom. The lowest BCUT2D eigenvalue weighted by Crippen LogP contribution is -2.51. The van der Waals surface area contributed by atoms with E-state index in [1.165, 1.54) is 29.5 Å². The summed E-state index contributed by atoms with van der Waals surface area (Å²) in [5, 5.41) is 9.14. The van der Waals surface area contributed by atoms with E-state index in [4.69, 9.17) is 15.8 Å². The van der Waals surface area contributed by atoms with Gasteiger partial charge in [-0.3, -0.25) is 4.90 Å². The van der Waals surface area contributed by atoms with Crippen molar-refractivity contribution in [3.05, 3.63) is 47.5 Å². The lowest BCUT2D eigenvalue weighted by atomic mass is 9.63. The first-order valence-corrected chi connectivity index (χ1v) is 13.7. The van der Waals surface area contributed by atoms with Crippen LogP contribution in [-0.4, -0.2) is 60.4 Å². The second kappa shape index (κ2) is 11.0. The predicted octanol–water partition coefficient (Wildman–Crippen LogP) is 5.10. The zero-order chi connectivity index (χ0) is 25.1. The minimum atomic E-state index is 0.200. The minimum absolute atomic E-state index is 0.200. The molecule has 0 amide bonds. The lowest BCUT2D eigenvalue weighted by Gasteiger charge is -2.42. The summed E-state index contributed by atoms with van der Waals surface area (Å²) >= 11 is 0. The van der Waals surface area contributed by atoms with E-state index < -0.39 is 0 Å². The topological polar surface area (TPSA) is 65.6 Å². The van der Waals surface area contributed by atoms with Crippen LogP contribution in [-0.2, 0) is 10.8 Å². The molecule has 0 radical (unpaired) electrons. The zero-order valence-corrected chi connectivity index (χ0v) is 22.4. The standard InChI is InChI=1S/C30H46N4O/c1-29(2)14-15-30(3,4)26-22-23(11-12-25(26)29)27-9-7-10-28(32-27)34-19-17-33(18-20-34)24(13-16-31)8-5-6-21-35/h7,9-12,22,24,35H,5-6,8,13-21,31H2,1-4H3. The number of pyridine rings is 1. The van der Waals surface area contributed by atoms with Gasteiger partial charge in [0.25, 0.3) is 0 Å². The van der Waals surface area contributed by atoms with Crippen LogP contribution in [0, 0.1) is 0 Å². The third-order valence-corrected chi connectivity index (χ3v) is 8.48. The molecule has 1 saturated heterocycles. The van der Waals surface area contributed by atoms with Crippen molar-refractivity contribution in [2.24, 2.45) is 5.73 Å². The number of benzene rings is 1. The lowest BCUT2D eigenvalue weighted by molar-refractivity contribution is 0.163. The Bertz CT molecular complexity index is 978. The Hall–Kier alpha value is -1.95. The van der Waals surface area contributed by atoms with Crippen molar-refractivity contribution < 1.29 is 5.11 Å². The van der Waals surface area contributed by atoms with Gasteiger partial charge in [0.15, 0.2) is 0 Å². The van der Waals surface area contributed by atoms with Crippen molar-refractivity contribution in [3.63, 3.8) is 0 Å². The molecule has 0 saturated carbocycles. The summed E-state index contributed by atoms with van der Waals surface area (Å²) in [6, 6.07) is 14.0. The first kappa shape index (κ1) is 26.1. The molecule has 1 aliphatic heterocycles. The molecule has 2 aromatic rings. The van der Waals surface area contributed by atoms with Crippen molar-refractivity contribution >= 4 is 5.82 Å². The summed E-state index contributed by atoms with van der Waals surface area (Å²) < 4.78 is 0. The molecule has 0 bridgehead atoms. The van der Waals surface area contributed by atoms with Crippen LogP contribution in [0.15, 0.2) is 36.4 Å². The molecular formula is C30H46N4O. The third-order valence-electron chi connectivity index (χ3n) is 8.48. The number of aromatic nitrogens is 1. The number of hydrogen-bond donors (Lipinski definition) is 2. The average molecular weight is 479 g/mol. The highest BCUT2D eigenvalue weighted by atomic mass is 16.2. The van der Waals surface area contributed by atoms with Crippen LogP contribution in [0.3, 0.4) is 0 Å². The van der Waals surface area contributed by atoms with Crippen molar-refractivity contribution in [1.82, 2.24) is 9.88 Å². The molecular weight excluding hydrogens is 432 g/mol. The van der Waals surface area contributed by atoms with Gasteiger partial charge in [0.1, 0.15) is 5.82 Å². The van der Waals surface area contributed by atoms with E-state index in [0.717, 1.165) is 69.9 Å². The monoisotopic (exact) mass is 478 g/mol. The van der Waals surface area contributed by atoms with Crippen molar-refractivity contribution in [1.29, 1.82) is 0 Å². The molecule has 5 heteroatoms. The van der Waals surface area contributed by atoms with Gasteiger partial charge in [0.05, 0.1) is 5.69 Å². The molecule has 1 aliphatic carbocycles. The van der Waals surface area contributed by atoms with Crippen LogP contribution in [0.1, 0.15) is 77.3 Å². The van der Waals surface area contributed by atoms with Crippen molar-refractivity contribution in [2.75, 3.05) is 44.2 Å². The van der Waals surface area contributed by atoms with Crippen LogP contribution in [0.5, 0.6) is 0 Å². The van der Waals surface area contributed by atoms with Gasteiger partial charge in [-0.2, -0.15) is 0 Å². The van der Waals surface area contributed by atoms with E-state index in [1.54, 1.807) is 0 Å². The number of unbranched alkanes of at least 4 members (excludes halogenated alkanes) is 1. The van der Waals surface area contributed by atoms with E-state index in [1.807, 2.05) is 0 Å². The van der Waals surface area contributed by atoms with E-state index in [2.05, 4.69) is 73.9 Å². The van der Waals surface area contributed by atoms with Gasteiger partial charge >= 0.3 is 0 Å². The molecule has 4 rings (SSSR count). The number of fused-ring (bicyclic) bond motifs is 1. The fraction of sp³-hybridized carbons (Fsp3) is 0.633. The molecule has 3 N–H and O–H groups in total. The molecule has 192 valence electrons. The molecule has 35 heavy (non-hydrogen) atoms. The molecule has 2 heterocycles. The Labute approximate surface area is 212 Å². The molecule has 5 nitrogen and oxygen atoms in total. The molecule has 1 unspecified atom stereocenters. The number of nitrogens with zero attached hydrogens (tertiary/aromatic N) is 3. The maximum absolute atomic E-state index is 9.14. The highest BCUT2D eigenvalue weighted by molar-refractivity contribution is 5.65. The van der Waals surface area contributed by atoms with E-state index >= 15 is 0 Å². The van der Waals surface area contributed by atoms with E-state index in [-0.39, 0.29) is 17.4 Å². The van der Waals surface area contributed by atoms with Gasteiger partial charge in [-0.1, -0.05) is 45.9 Å². The molecule has 1 aromatic carbocycles. The van der Waals surface area contributed by atoms with Crippen molar-refractivity contribution in [3.8, 4) is 11.3 Å². The number of aliphatic hydroxyl groups is 1. The van der Waals surface area contributed by atoms with Crippen LogP contribution >= 0.6 is 0 Å². The molecule has 1 fully saturated rings. The van der Waals surface area contributed by atoms with Gasteiger partial charge in [0.2, 0.25) is 0 Å². The number of anilines is 1. The Balaban J connectivity index is 1.48. The number of rotatable bonds is 9. The molecule has 2 aliphatic rings. The molecule has 0 spiro atoms. The minimum Gasteiger partial charge on any atom is -0.396 e. The van der Waals surface area contributed by atoms with Gasteiger partial charge in [-0.05, 0) is 85.2 Å². The second-order valence-corrected chi connectivity index (χ2v) is 11.9. The van der Waals surface area contributed by atoms with Gasteiger partial charge in [0, 0.05) is 44.4 Å². The van der Waals surface area contributed by atoms with Crippen molar-refractivity contribution in [2.45, 2.75) is 83.1 Å². The highest BCUT2D eigenvalue weighted by Crippen LogP contribution is 2.46.